The van der Waals surface area contributed by atoms with Crippen molar-refractivity contribution in [2.24, 2.45) is 13.5 Å². The fraction of sp³-hybridized carbons (Fsp3) is 0.778. The Morgan fingerprint density at radius 3 is 1.52 bits per heavy atom. The Morgan fingerprint density at radius 2 is 1.02 bits per heavy atom. The molecule has 0 radical (unpaired) electrons. The van der Waals surface area contributed by atoms with E-state index in [0.29, 0.717) is 0 Å². The first kappa shape index (κ1) is 28.4. The van der Waals surface area contributed by atoms with Crippen LogP contribution >= 0.6 is 22.5 Å². The second kappa shape index (κ2) is 11.9. The van der Waals surface area contributed by atoms with Crippen LogP contribution in [0, 0.1) is 5.82 Å². The standard InChI is InChI=1S/C27H47FN9P3/c28-27-13-11-26(12-14-27)25-37-24-2-1-15-29-38(37)30-39(33-16-3-4-17-33,34-18-5-6-19-34)32-40(31-38,35-20-7-8-21-35)36-22-9-10-23-36/h11-14,29H,1-10,15-25H2. The van der Waals surface area contributed by atoms with E-state index < -0.39 is 22.5 Å². The first-order chi connectivity index (χ1) is 19.6. The average molecular weight is 610 g/mol. The third-order valence-corrected chi connectivity index (χ3v) is 21.7. The van der Waals surface area contributed by atoms with E-state index in [1.54, 1.807) is 12.1 Å². The van der Waals surface area contributed by atoms with Crippen LogP contribution < -0.4 is 5.09 Å². The predicted octanol–water partition coefficient (Wildman–Crippen LogP) is 7.25. The topological polar surface area (TPSA) is 65.3 Å². The van der Waals surface area contributed by atoms with Crippen molar-refractivity contribution in [1.82, 2.24) is 28.4 Å². The summed E-state index contributed by atoms with van der Waals surface area (Å²) in [5, 5.41) is 4.10. The minimum absolute atomic E-state index is 0.172. The Morgan fingerprint density at radius 1 is 0.575 bits per heavy atom. The predicted molar refractivity (Wildman–Crippen MR) is 165 cm³/mol. The van der Waals surface area contributed by atoms with Crippen LogP contribution in [0.4, 0.5) is 4.39 Å². The lowest BCUT2D eigenvalue weighted by molar-refractivity contribution is 0.431. The first-order valence-corrected chi connectivity index (χ1v) is 20.7. The van der Waals surface area contributed by atoms with Gasteiger partial charge in [0.1, 0.15) is 5.82 Å². The second-order valence-corrected chi connectivity index (χ2v) is 20.8. The molecule has 0 bridgehead atoms. The van der Waals surface area contributed by atoms with Gasteiger partial charge in [-0.25, -0.2) is 27.7 Å². The highest BCUT2D eigenvalue weighted by atomic mass is 31.3. The second-order valence-electron chi connectivity index (χ2n) is 12.2. The minimum atomic E-state index is -2.49. The molecule has 1 spiro atoms. The van der Waals surface area contributed by atoms with Crippen LogP contribution in [0.1, 0.15) is 69.8 Å². The molecule has 1 aromatic carbocycles. The van der Waals surface area contributed by atoms with E-state index in [0.717, 1.165) is 90.4 Å². The Hall–Kier alpha value is -0.400. The molecular weight excluding hydrogens is 562 g/mol. The Balaban J connectivity index is 1.48. The molecule has 9 nitrogen and oxygen atoms in total. The summed E-state index contributed by atoms with van der Waals surface area (Å²) in [5.41, 5.74) is 1.15. The molecule has 1 unspecified atom stereocenters. The van der Waals surface area contributed by atoms with Crippen LogP contribution in [0.3, 0.4) is 0 Å². The lowest BCUT2D eigenvalue weighted by Crippen LogP contribution is -2.35. The van der Waals surface area contributed by atoms with E-state index in [1.807, 2.05) is 12.1 Å². The normalized spacial score (nSPS) is 32.2. The van der Waals surface area contributed by atoms with Gasteiger partial charge in [0.2, 0.25) is 22.5 Å². The van der Waals surface area contributed by atoms with Gasteiger partial charge in [-0.05, 0) is 81.9 Å². The van der Waals surface area contributed by atoms with E-state index in [-0.39, 0.29) is 5.82 Å². The molecule has 6 heterocycles. The molecule has 13 heteroatoms. The van der Waals surface area contributed by atoms with Crippen molar-refractivity contribution in [3.8, 4) is 0 Å². The fourth-order valence-corrected chi connectivity index (χ4v) is 23.1. The quantitative estimate of drug-likeness (QED) is 0.343. The van der Waals surface area contributed by atoms with Crippen LogP contribution in [-0.2, 0) is 6.54 Å². The van der Waals surface area contributed by atoms with E-state index in [2.05, 4.69) is 28.4 Å². The molecule has 0 saturated carbocycles. The molecule has 6 aliphatic rings. The van der Waals surface area contributed by atoms with E-state index >= 15 is 0 Å². The van der Waals surface area contributed by atoms with Crippen molar-refractivity contribution in [2.75, 3.05) is 65.4 Å². The van der Waals surface area contributed by atoms with Crippen molar-refractivity contribution in [3.05, 3.63) is 35.6 Å². The summed E-state index contributed by atoms with van der Waals surface area (Å²) in [6.45, 7) is 11.5. The third-order valence-electron chi connectivity index (χ3n) is 9.42. The minimum Gasteiger partial charge on any atom is -0.253 e. The molecule has 1 atom stereocenters. The SMILES string of the molecule is Fc1ccc(CN2CCCCNP23=NP(N2CCCC2)(N2CCCC2)=NP(N2CCCC2)(N2CCCC2)=N3)cc1. The van der Waals surface area contributed by atoms with Gasteiger partial charge in [0.05, 0.1) is 0 Å². The number of halogens is 1. The summed E-state index contributed by atoms with van der Waals surface area (Å²) in [4.78, 5) is 0. The number of nitrogens with one attached hydrogen (secondary N) is 1. The zero-order valence-electron chi connectivity index (χ0n) is 24.0. The zero-order valence-corrected chi connectivity index (χ0v) is 26.6. The van der Waals surface area contributed by atoms with Crippen molar-refractivity contribution in [2.45, 2.75) is 70.8 Å². The maximum Gasteiger partial charge on any atom is 0.221 e. The number of benzene rings is 1. The largest absolute Gasteiger partial charge is 0.253 e. The first-order valence-electron chi connectivity index (χ1n) is 15.8. The summed E-state index contributed by atoms with van der Waals surface area (Å²) in [6, 6.07) is 7.12. The van der Waals surface area contributed by atoms with Crippen LogP contribution in [0.25, 0.3) is 0 Å². The van der Waals surface area contributed by atoms with Gasteiger partial charge in [0, 0.05) is 72.0 Å². The molecule has 7 rings (SSSR count). The van der Waals surface area contributed by atoms with Crippen LogP contribution in [-0.4, -0.2) is 88.8 Å². The smallest absolute Gasteiger partial charge is 0.221 e. The number of rotatable bonds is 6. The summed E-state index contributed by atoms with van der Waals surface area (Å²) in [6.07, 6.45) is 12.2. The lowest BCUT2D eigenvalue weighted by Gasteiger charge is -2.49. The van der Waals surface area contributed by atoms with Gasteiger partial charge in [-0.1, -0.05) is 12.1 Å². The van der Waals surface area contributed by atoms with Gasteiger partial charge < -0.3 is 0 Å². The van der Waals surface area contributed by atoms with Crippen LogP contribution in [0.2, 0.25) is 0 Å². The van der Waals surface area contributed by atoms with Gasteiger partial charge in [-0.2, -0.15) is 13.5 Å². The van der Waals surface area contributed by atoms with Gasteiger partial charge in [-0.15, -0.1) is 0 Å². The Kier molecular flexibility index (Phi) is 8.47. The molecule has 5 saturated heterocycles. The molecule has 0 aliphatic carbocycles. The molecule has 6 aliphatic heterocycles. The average Bonchev–Trinajstić information content (AvgIpc) is 3.79. The number of hydrogen-bond donors (Lipinski definition) is 1. The highest BCUT2D eigenvalue weighted by Gasteiger charge is 2.51. The monoisotopic (exact) mass is 609 g/mol. The summed E-state index contributed by atoms with van der Waals surface area (Å²) < 4.78 is 45.9. The summed E-state index contributed by atoms with van der Waals surface area (Å²) in [5.74, 6) is -0.172. The van der Waals surface area contributed by atoms with Gasteiger partial charge in [0.25, 0.3) is 0 Å². The highest BCUT2D eigenvalue weighted by Crippen LogP contribution is 2.82. The molecule has 0 amide bonds. The van der Waals surface area contributed by atoms with Gasteiger partial charge >= 0.3 is 0 Å². The molecule has 0 aromatic heterocycles. The van der Waals surface area contributed by atoms with Gasteiger partial charge in [-0.3, -0.25) is 5.09 Å². The highest BCUT2D eigenvalue weighted by molar-refractivity contribution is 7.83. The third kappa shape index (κ3) is 5.18. The van der Waals surface area contributed by atoms with Crippen molar-refractivity contribution < 1.29 is 4.39 Å². The number of hydrogen-bond acceptors (Lipinski definition) is 9. The van der Waals surface area contributed by atoms with E-state index in [1.165, 1.54) is 51.4 Å². The van der Waals surface area contributed by atoms with E-state index in [9.17, 15) is 4.39 Å². The molecule has 1 N–H and O–H groups in total. The maximum atomic E-state index is 13.9. The lowest BCUT2D eigenvalue weighted by atomic mass is 10.2. The fourth-order valence-electron chi connectivity index (χ4n) is 7.28. The summed E-state index contributed by atoms with van der Waals surface area (Å²) >= 11 is 0. The Bertz CT molecular complexity index is 1140. The molecule has 40 heavy (non-hydrogen) atoms. The molecule has 5 fully saturated rings. The maximum absolute atomic E-state index is 13.9. The molecule has 222 valence electrons. The van der Waals surface area contributed by atoms with Gasteiger partial charge in [0.15, 0.2) is 0 Å². The van der Waals surface area contributed by atoms with Crippen LogP contribution in [0.5, 0.6) is 0 Å². The Labute approximate surface area is 240 Å². The zero-order chi connectivity index (χ0) is 27.0. The molecular formula is C27H47FN9P3. The summed E-state index contributed by atoms with van der Waals surface area (Å²) in [7, 11) is -7.17. The van der Waals surface area contributed by atoms with Crippen molar-refractivity contribution in [3.63, 3.8) is 0 Å². The molecule has 1 aromatic rings. The van der Waals surface area contributed by atoms with Crippen molar-refractivity contribution >= 4 is 22.5 Å². The van der Waals surface area contributed by atoms with E-state index in [4.69, 9.17) is 13.5 Å². The van der Waals surface area contributed by atoms with Crippen LogP contribution in [0.15, 0.2) is 37.8 Å². The number of nitrogens with zero attached hydrogens (tertiary/aromatic N) is 8. The van der Waals surface area contributed by atoms with Crippen molar-refractivity contribution in [1.29, 1.82) is 0 Å².